The number of phosphoric ester groups is 3. The Labute approximate surface area is 369 Å². The number of nitrogens with zero attached hydrogens (tertiary/aromatic N) is 4. The van der Waals surface area contributed by atoms with Crippen LogP contribution in [0.15, 0.2) is 12.7 Å². The predicted octanol–water partition coefficient (Wildman–Crippen LogP) is 3.37. The molecular weight excluding hydrogens is 915 g/mol. The summed E-state index contributed by atoms with van der Waals surface area (Å²) in [5, 5.41) is 26.6. The summed E-state index contributed by atoms with van der Waals surface area (Å²) in [6.07, 6.45) is 6.75. The van der Waals surface area contributed by atoms with Gasteiger partial charge < -0.3 is 50.9 Å². The van der Waals surface area contributed by atoms with Gasteiger partial charge in [0.05, 0.1) is 19.5 Å². The van der Waals surface area contributed by atoms with E-state index in [4.69, 9.17) is 19.5 Å². The molecule has 2 aromatic heterocycles. The van der Waals surface area contributed by atoms with Crippen LogP contribution in [0, 0.1) is 5.41 Å². The van der Waals surface area contributed by atoms with Gasteiger partial charge >= 0.3 is 23.5 Å². The maximum Gasteiger partial charge on any atom is 0.481 e. The molecule has 0 saturated carbocycles. The molecule has 1 saturated heterocycles. The van der Waals surface area contributed by atoms with Gasteiger partial charge in [0.15, 0.2) is 22.8 Å². The minimum atomic E-state index is -5.57. The Kier molecular flexibility index (Phi) is 22.7. The summed E-state index contributed by atoms with van der Waals surface area (Å²) in [6, 6.07) is 0. The fraction of sp³-hybridized carbons (Fsp3) is 0.771. The number of carbonyl (C=O) groups excluding carboxylic acids is 3. The van der Waals surface area contributed by atoms with Gasteiger partial charge in [-0.1, -0.05) is 96.7 Å². The van der Waals surface area contributed by atoms with Crippen LogP contribution in [-0.2, 0) is 50.7 Å². The number of aromatic nitrogens is 4. The van der Waals surface area contributed by atoms with E-state index in [9.17, 15) is 57.9 Å². The van der Waals surface area contributed by atoms with Crippen molar-refractivity contribution >= 4 is 69.1 Å². The minimum absolute atomic E-state index is 0.0335. The molecule has 0 spiro atoms. The van der Waals surface area contributed by atoms with E-state index >= 15 is 0 Å². The van der Waals surface area contributed by atoms with Gasteiger partial charge in [0, 0.05) is 37.1 Å². The average molecular weight is 978 g/mol. The highest BCUT2D eigenvalue weighted by Gasteiger charge is 2.50. The number of thioether (sulfide) groups is 1. The molecule has 0 radical (unpaired) electrons. The molecule has 1 aliphatic heterocycles. The third-order valence-corrected chi connectivity index (χ3v) is 13.8. The van der Waals surface area contributed by atoms with Crippen molar-refractivity contribution in [3.63, 3.8) is 0 Å². The summed E-state index contributed by atoms with van der Waals surface area (Å²) in [6.45, 7) is 2.79. The second-order valence-electron chi connectivity index (χ2n) is 15.6. The lowest BCUT2D eigenvalue weighted by molar-refractivity contribution is -0.137. The number of amides is 2. The number of hydrogen-bond acceptors (Lipinski definition) is 18. The fourth-order valence-corrected chi connectivity index (χ4v) is 9.85. The molecule has 10 N–H and O–H groups in total. The number of aliphatic hydroxyl groups excluding tert-OH is 2. The average Bonchev–Trinajstić information content (AvgIpc) is 3.76. The number of imidazole rings is 1. The lowest BCUT2D eigenvalue weighted by Crippen LogP contribution is -2.46. The van der Waals surface area contributed by atoms with Crippen molar-refractivity contribution in [1.29, 1.82) is 0 Å². The number of hydrogen-bond donors (Lipinski definition) is 9. The Bertz CT molecular complexity index is 1920. The Balaban J connectivity index is 1.35. The van der Waals surface area contributed by atoms with Crippen LogP contribution in [0.25, 0.3) is 11.2 Å². The van der Waals surface area contributed by atoms with E-state index in [1.807, 2.05) is 0 Å². The van der Waals surface area contributed by atoms with Crippen LogP contribution in [-0.4, -0.2) is 123 Å². The molecule has 7 atom stereocenters. The molecule has 0 bridgehead atoms. The van der Waals surface area contributed by atoms with E-state index < -0.39 is 84.6 Å². The lowest BCUT2D eigenvalue weighted by atomic mass is 9.87. The van der Waals surface area contributed by atoms with Gasteiger partial charge in [-0.15, -0.1) is 0 Å². The van der Waals surface area contributed by atoms with Crippen molar-refractivity contribution in [3.05, 3.63) is 12.7 Å². The Morgan fingerprint density at radius 3 is 2.16 bits per heavy atom. The molecule has 28 heteroatoms. The molecule has 3 rings (SSSR count). The van der Waals surface area contributed by atoms with Crippen molar-refractivity contribution in [3.8, 4) is 0 Å². The Morgan fingerprint density at radius 1 is 0.905 bits per heavy atom. The molecule has 360 valence electrons. The highest BCUT2D eigenvalue weighted by atomic mass is 32.2. The maximum absolute atomic E-state index is 12.7. The molecule has 1 fully saturated rings. The molecule has 2 amide bonds. The second kappa shape index (κ2) is 26.0. The number of nitrogens with two attached hydrogens (primary N) is 1. The van der Waals surface area contributed by atoms with E-state index in [-0.39, 0.29) is 41.6 Å². The monoisotopic (exact) mass is 977 g/mol. The number of nitrogen functional groups attached to an aromatic ring is 1. The Morgan fingerprint density at radius 2 is 1.52 bits per heavy atom. The van der Waals surface area contributed by atoms with Gasteiger partial charge in [-0.3, -0.25) is 32.5 Å². The number of phosphoric acid groups is 3. The number of aliphatic hydroxyl groups is 2. The smallest absolute Gasteiger partial charge is 0.386 e. The SMILES string of the molecule is CCCCCCCCCCCCCC(=O)SCCNC(=O)CCNC(=O)[C@H](O)C(C)(C)COP(=O)(O)OP(=O)(O)OC[C@@H]1O[C@@H](n2cnc3c(N)ncnc32)[C@H](O)[C@@H]1OP(=O)(O)O. The summed E-state index contributed by atoms with van der Waals surface area (Å²) in [5.41, 5.74) is 4.29. The predicted molar refractivity (Wildman–Crippen MR) is 228 cm³/mol. The highest BCUT2D eigenvalue weighted by molar-refractivity contribution is 8.13. The number of fused-ring (bicyclic) bond motifs is 1. The van der Waals surface area contributed by atoms with Crippen LogP contribution in [0.2, 0.25) is 0 Å². The van der Waals surface area contributed by atoms with Crippen molar-refractivity contribution < 1.29 is 80.5 Å². The van der Waals surface area contributed by atoms with E-state index in [1.165, 1.54) is 65.2 Å². The van der Waals surface area contributed by atoms with E-state index in [1.54, 1.807) is 0 Å². The lowest BCUT2D eigenvalue weighted by Gasteiger charge is -2.30. The summed E-state index contributed by atoms with van der Waals surface area (Å²) >= 11 is 1.15. The zero-order valence-electron chi connectivity index (χ0n) is 35.6. The van der Waals surface area contributed by atoms with E-state index in [0.29, 0.717) is 12.2 Å². The Hall–Kier alpha value is -2.44. The number of ether oxygens (including phenoxy) is 1. The molecule has 1 aliphatic rings. The summed E-state index contributed by atoms with van der Waals surface area (Å²) in [7, 11) is -16.4. The summed E-state index contributed by atoms with van der Waals surface area (Å²) in [4.78, 5) is 88.2. The van der Waals surface area contributed by atoms with E-state index in [0.717, 1.165) is 48.2 Å². The van der Waals surface area contributed by atoms with Gasteiger partial charge in [-0.25, -0.2) is 28.6 Å². The van der Waals surface area contributed by atoms with Crippen LogP contribution in [0.3, 0.4) is 0 Å². The highest BCUT2D eigenvalue weighted by Crippen LogP contribution is 2.61. The summed E-state index contributed by atoms with van der Waals surface area (Å²) < 4.78 is 62.3. The van der Waals surface area contributed by atoms with Gasteiger partial charge in [0.25, 0.3) is 0 Å². The maximum atomic E-state index is 12.7. The van der Waals surface area contributed by atoms with Crippen LogP contribution in [0.4, 0.5) is 5.82 Å². The third kappa shape index (κ3) is 19.5. The van der Waals surface area contributed by atoms with Crippen molar-refractivity contribution in [1.82, 2.24) is 30.2 Å². The second-order valence-corrected chi connectivity index (χ2v) is 21.0. The first kappa shape index (κ1) is 54.9. The number of nitrogens with one attached hydrogen (secondary N) is 2. The number of carbonyl (C=O) groups is 3. The molecule has 3 heterocycles. The van der Waals surface area contributed by atoms with Gasteiger partial charge in [-0.2, -0.15) is 4.31 Å². The quantitative estimate of drug-likeness (QED) is 0.0386. The normalized spacial score (nSPS) is 20.6. The van der Waals surface area contributed by atoms with Gasteiger partial charge in [0.1, 0.15) is 36.3 Å². The zero-order valence-corrected chi connectivity index (χ0v) is 39.1. The first-order chi connectivity index (χ1) is 29.6. The largest absolute Gasteiger partial charge is 0.481 e. The van der Waals surface area contributed by atoms with Gasteiger partial charge in [0.2, 0.25) is 11.8 Å². The molecular formula is C35H62N7O17P3S. The molecule has 2 unspecified atom stereocenters. The number of unbranched alkanes of at least 4 members (excludes halogenated alkanes) is 10. The van der Waals surface area contributed by atoms with Gasteiger partial charge in [-0.05, 0) is 6.42 Å². The van der Waals surface area contributed by atoms with Crippen LogP contribution < -0.4 is 16.4 Å². The van der Waals surface area contributed by atoms with Crippen molar-refractivity contribution in [2.24, 2.45) is 5.41 Å². The van der Waals surface area contributed by atoms with Crippen molar-refractivity contribution in [2.45, 2.75) is 135 Å². The topological polar surface area (TPSA) is 364 Å². The minimum Gasteiger partial charge on any atom is -0.386 e. The molecule has 2 aromatic rings. The van der Waals surface area contributed by atoms with Crippen LogP contribution >= 0.6 is 35.2 Å². The first-order valence-corrected chi connectivity index (χ1v) is 26.1. The van der Waals surface area contributed by atoms with Crippen molar-refractivity contribution in [2.75, 3.05) is 37.8 Å². The zero-order chi connectivity index (χ0) is 46.8. The molecule has 24 nitrogen and oxygen atoms in total. The summed E-state index contributed by atoms with van der Waals surface area (Å²) in [5.74, 6) is -1.02. The van der Waals surface area contributed by atoms with Crippen LogP contribution in [0.5, 0.6) is 0 Å². The van der Waals surface area contributed by atoms with E-state index in [2.05, 4.69) is 41.3 Å². The molecule has 0 aliphatic carbocycles. The number of rotatable bonds is 31. The van der Waals surface area contributed by atoms with Crippen LogP contribution in [0.1, 0.15) is 110 Å². The molecule has 63 heavy (non-hydrogen) atoms. The number of anilines is 1. The first-order valence-electron chi connectivity index (χ1n) is 20.6. The molecule has 0 aromatic carbocycles. The standard InChI is InChI=1S/C35H62N7O17P3S/c1-4-5-6-7-8-9-10-11-12-13-14-15-26(44)63-19-18-37-25(43)16-17-38-33(47)30(46)35(2,3)21-56-62(53,54)59-61(51,52)55-20-24-29(58-60(48,49)50)28(45)34(57-24)42-23-41-27-31(36)39-22-40-32(27)42/h22-24,28-30,34,45-46H,4-21H2,1-3H3,(H,37,43)(H,38,47)(H,51,52)(H,53,54)(H2,36,39,40)(H2,48,49,50)/t24-,28+,29+,30-,34+/m0/s1. The third-order valence-electron chi connectivity index (χ3n) is 9.75. The fourth-order valence-electron chi connectivity index (χ4n) is 6.30.